The van der Waals surface area contributed by atoms with E-state index in [-0.39, 0.29) is 5.91 Å². The van der Waals surface area contributed by atoms with Gasteiger partial charge in [0.1, 0.15) is 5.54 Å². The van der Waals surface area contributed by atoms with Crippen molar-refractivity contribution < 1.29 is 4.79 Å². The summed E-state index contributed by atoms with van der Waals surface area (Å²) in [5.41, 5.74) is 5.39. The first kappa shape index (κ1) is 16.8. The van der Waals surface area contributed by atoms with Gasteiger partial charge >= 0.3 is 0 Å². The van der Waals surface area contributed by atoms with Crippen LogP contribution in [0.15, 0.2) is 0 Å². The summed E-state index contributed by atoms with van der Waals surface area (Å²) in [5.74, 6) is 0.311. The highest BCUT2D eigenvalue weighted by atomic mass is 16.1. The average molecular weight is 295 g/mol. The van der Waals surface area contributed by atoms with Crippen molar-refractivity contribution in [1.29, 1.82) is 0 Å². The van der Waals surface area contributed by atoms with E-state index in [9.17, 15) is 4.79 Å². The quantitative estimate of drug-likeness (QED) is 0.615. The monoisotopic (exact) mass is 295 g/mol. The van der Waals surface area contributed by atoms with Crippen LogP contribution in [0, 0.1) is 5.92 Å². The van der Waals surface area contributed by atoms with E-state index in [1.165, 1.54) is 25.7 Å². The first-order chi connectivity index (χ1) is 10.0. The number of nitrogens with two attached hydrogens (primary N) is 1. The van der Waals surface area contributed by atoms with Crippen LogP contribution in [-0.4, -0.2) is 41.5 Å². The van der Waals surface area contributed by atoms with Gasteiger partial charge in [0.25, 0.3) is 0 Å². The van der Waals surface area contributed by atoms with Gasteiger partial charge in [-0.15, -0.1) is 0 Å². The fourth-order valence-corrected chi connectivity index (χ4v) is 3.21. The number of carbonyl (C=O) groups is 1. The van der Waals surface area contributed by atoms with Crippen LogP contribution in [0.5, 0.6) is 0 Å². The number of rotatable bonds is 11. The van der Waals surface area contributed by atoms with Crippen molar-refractivity contribution in [1.82, 2.24) is 10.2 Å². The van der Waals surface area contributed by atoms with E-state index in [1.807, 2.05) is 0 Å². The topological polar surface area (TPSA) is 58.4 Å². The Morgan fingerprint density at radius 3 is 2.43 bits per heavy atom. The first-order valence-corrected chi connectivity index (χ1v) is 8.85. The maximum absolute atomic E-state index is 12.3. The predicted octanol–water partition coefficient (Wildman–Crippen LogP) is 2.27. The van der Waals surface area contributed by atoms with E-state index >= 15 is 0 Å². The molecule has 1 amide bonds. The fourth-order valence-electron chi connectivity index (χ4n) is 3.21. The molecule has 2 rings (SSSR count). The van der Waals surface area contributed by atoms with Crippen LogP contribution in [0.25, 0.3) is 0 Å². The number of hydrogen-bond donors (Lipinski definition) is 2. The molecule has 122 valence electrons. The molecule has 2 aliphatic carbocycles. The van der Waals surface area contributed by atoms with E-state index in [0.717, 1.165) is 32.4 Å². The van der Waals surface area contributed by atoms with E-state index in [4.69, 9.17) is 5.73 Å². The molecule has 3 N–H and O–H groups in total. The maximum atomic E-state index is 12.3. The zero-order chi connectivity index (χ0) is 15.5. The van der Waals surface area contributed by atoms with Crippen molar-refractivity contribution in [2.75, 3.05) is 13.1 Å². The second kappa shape index (κ2) is 7.10. The van der Waals surface area contributed by atoms with Crippen LogP contribution in [-0.2, 0) is 4.79 Å². The van der Waals surface area contributed by atoms with Gasteiger partial charge in [0.05, 0.1) is 0 Å². The molecule has 2 aliphatic rings. The lowest BCUT2D eigenvalue weighted by Gasteiger charge is -2.40. The predicted molar refractivity (Wildman–Crippen MR) is 87.0 cm³/mol. The molecule has 2 saturated carbocycles. The third-order valence-electron chi connectivity index (χ3n) is 5.22. The summed E-state index contributed by atoms with van der Waals surface area (Å²) in [6.07, 6.45) is 8.17. The van der Waals surface area contributed by atoms with Crippen LogP contribution < -0.4 is 11.1 Å². The Morgan fingerprint density at radius 1 is 1.33 bits per heavy atom. The number of nitrogens with one attached hydrogen (secondary N) is 1. The molecule has 0 bridgehead atoms. The Hall–Kier alpha value is -0.610. The van der Waals surface area contributed by atoms with Crippen molar-refractivity contribution in [3.8, 4) is 0 Å². The molecule has 0 heterocycles. The standard InChI is InChI=1S/C17H33N3O/c1-4-6-11-20(13(3)5-2)12-17(16(18)21,14-7-8-14)19-15-9-10-15/h13-15,19H,4-12H2,1-3H3,(H2,18,21). The van der Waals surface area contributed by atoms with Crippen LogP contribution in [0.3, 0.4) is 0 Å². The Morgan fingerprint density at radius 2 is 2.00 bits per heavy atom. The van der Waals surface area contributed by atoms with Gasteiger partial charge in [-0.3, -0.25) is 15.0 Å². The van der Waals surface area contributed by atoms with Gasteiger partial charge in [-0.05, 0) is 57.9 Å². The van der Waals surface area contributed by atoms with Gasteiger partial charge < -0.3 is 5.73 Å². The molecule has 0 aromatic rings. The highest BCUT2D eigenvalue weighted by Gasteiger charge is 2.52. The molecular weight excluding hydrogens is 262 g/mol. The summed E-state index contributed by atoms with van der Waals surface area (Å²) in [7, 11) is 0. The minimum absolute atomic E-state index is 0.137. The van der Waals surface area contributed by atoms with E-state index in [2.05, 4.69) is 31.0 Å². The molecule has 0 radical (unpaired) electrons. The summed E-state index contributed by atoms with van der Waals surface area (Å²) >= 11 is 0. The van der Waals surface area contributed by atoms with Crippen LogP contribution in [0.1, 0.15) is 65.7 Å². The number of hydrogen-bond acceptors (Lipinski definition) is 3. The molecule has 2 atom stereocenters. The van der Waals surface area contributed by atoms with Crippen molar-refractivity contribution in [3.63, 3.8) is 0 Å². The zero-order valence-electron chi connectivity index (χ0n) is 14.0. The first-order valence-electron chi connectivity index (χ1n) is 8.85. The molecule has 0 saturated heterocycles. The summed E-state index contributed by atoms with van der Waals surface area (Å²) < 4.78 is 0. The maximum Gasteiger partial charge on any atom is 0.239 e. The number of amides is 1. The van der Waals surface area contributed by atoms with Crippen molar-refractivity contribution in [2.24, 2.45) is 11.7 Å². The Bertz CT molecular complexity index is 352. The van der Waals surface area contributed by atoms with Crippen LogP contribution in [0.2, 0.25) is 0 Å². The number of nitrogens with zero attached hydrogens (tertiary/aromatic N) is 1. The summed E-state index contributed by atoms with van der Waals surface area (Å²) in [6.45, 7) is 8.57. The fraction of sp³-hybridized carbons (Fsp3) is 0.941. The molecule has 0 aromatic carbocycles. The van der Waals surface area contributed by atoms with Gasteiger partial charge in [0.2, 0.25) is 5.91 Å². The number of carbonyl (C=O) groups excluding carboxylic acids is 1. The van der Waals surface area contributed by atoms with Crippen molar-refractivity contribution >= 4 is 5.91 Å². The zero-order valence-corrected chi connectivity index (χ0v) is 14.0. The molecule has 21 heavy (non-hydrogen) atoms. The lowest BCUT2D eigenvalue weighted by Crippen LogP contribution is -2.64. The Kier molecular flexibility index (Phi) is 5.67. The van der Waals surface area contributed by atoms with Gasteiger partial charge in [-0.1, -0.05) is 20.3 Å². The Labute approximate surface area is 129 Å². The normalized spacial score (nSPS) is 23.0. The minimum Gasteiger partial charge on any atom is -0.368 e. The molecule has 0 aromatic heterocycles. The van der Waals surface area contributed by atoms with E-state index in [0.29, 0.717) is 18.0 Å². The van der Waals surface area contributed by atoms with E-state index < -0.39 is 5.54 Å². The van der Waals surface area contributed by atoms with Gasteiger partial charge in [0.15, 0.2) is 0 Å². The lowest BCUT2D eigenvalue weighted by atomic mass is 9.90. The highest BCUT2D eigenvalue weighted by molar-refractivity contribution is 5.86. The molecule has 2 unspecified atom stereocenters. The molecule has 0 spiro atoms. The molecular formula is C17H33N3O. The van der Waals surface area contributed by atoms with Gasteiger partial charge in [0, 0.05) is 18.6 Å². The second-order valence-corrected chi connectivity index (χ2v) is 7.11. The number of primary amides is 1. The van der Waals surface area contributed by atoms with Gasteiger partial charge in [-0.25, -0.2) is 0 Å². The summed E-state index contributed by atoms with van der Waals surface area (Å²) in [4.78, 5) is 14.8. The number of unbranched alkanes of at least 4 members (excludes halogenated alkanes) is 1. The lowest BCUT2D eigenvalue weighted by molar-refractivity contribution is -0.126. The summed E-state index contributed by atoms with van der Waals surface area (Å²) in [5, 5.41) is 3.64. The van der Waals surface area contributed by atoms with Crippen LogP contribution >= 0.6 is 0 Å². The largest absolute Gasteiger partial charge is 0.368 e. The molecule has 4 heteroatoms. The SMILES string of the molecule is CCCCN(CC(NC1CC1)(C(N)=O)C1CC1)C(C)CC. The smallest absolute Gasteiger partial charge is 0.239 e. The minimum atomic E-state index is -0.488. The van der Waals surface area contributed by atoms with Gasteiger partial charge in [-0.2, -0.15) is 0 Å². The molecule has 0 aliphatic heterocycles. The highest BCUT2D eigenvalue weighted by Crippen LogP contribution is 2.42. The molecule has 2 fully saturated rings. The second-order valence-electron chi connectivity index (χ2n) is 7.11. The van der Waals surface area contributed by atoms with Crippen molar-refractivity contribution in [3.05, 3.63) is 0 Å². The van der Waals surface area contributed by atoms with Crippen LogP contribution in [0.4, 0.5) is 0 Å². The third-order valence-corrected chi connectivity index (χ3v) is 5.22. The Balaban J connectivity index is 2.11. The summed E-state index contributed by atoms with van der Waals surface area (Å²) in [6, 6.07) is 1.03. The third kappa shape index (κ3) is 4.19. The van der Waals surface area contributed by atoms with E-state index in [1.54, 1.807) is 0 Å². The average Bonchev–Trinajstić information content (AvgIpc) is 3.33. The van der Waals surface area contributed by atoms with Crippen molar-refractivity contribution in [2.45, 2.75) is 83.3 Å². The molecule has 4 nitrogen and oxygen atoms in total.